The van der Waals surface area contributed by atoms with Gasteiger partial charge in [-0.05, 0) is 134 Å². The molecule has 5 heterocycles. The highest BCUT2D eigenvalue weighted by Gasteiger charge is 2.25. The molecule has 16 nitrogen and oxygen atoms in total. The molecule has 13 rings (SSSR count). The van der Waals surface area contributed by atoms with Crippen molar-refractivity contribution in [3.63, 3.8) is 0 Å². The van der Waals surface area contributed by atoms with Crippen molar-refractivity contribution >= 4 is 79.1 Å². The van der Waals surface area contributed by atoms with Crippen LogP contribution in [-0.4, -0.2) is 71.0 Å². The molecule has 8 aromatic carbocycles. The lowest BCUT2D eigenvalue weighted by Crippen LogP contribution is -2.25. The number of nitrogens with zero attached hydrogens (tertiary/aromatic N) is 5. The van der Waals surface area contributed by atoms with Crippen molar-refractivity contribution in [3.8, 4) is 55.6 Å². The molecule has 0 fully saturated rings. The molecular weight excluding hydrogens is 1200 g/mol. The number of hydrogen-bond donors (Lipinski definition) is 4. The highest BCUT2D eigenvalue weighted by molar-refractivity contribution is 6.11. The zero-order chi connectivity index (χ0) is 67.5. The number of nitrogens with one attached hydrogen (secondary N) is 2. The van der Waals surface area contributed by atoms with Crippen LogP contribution < -0.4 is 16.4 Å². The summed E-state index contributed by atoms with van der Waals surface area (Å²) in [6, 6.07) is 62.2. The van der Waals surface area contributed by atoms with Crippen LogP contribution in [0.5, 0.6) is 0 Å². The van der Waals surface area contributed by atoms with Crippen LogP contribution in [0.3, 0.4) is 0 Å². The molecule has 0 aliphatic heterocycles. The summed E-state index contributed by atoms with van der Waals surface area (Å²) in [4.78, 5) is 85.1. The Hall–Kier alpha value is -12.6. The Morgan fingerprint density at radius 2 is 0.698 bits per heavy atom. The van der Waals surface area contributed by atoms with E-state index in [4.69, 9.17) is 15.2 Å². The first-order valence-electron chi connectivity index (χ1n) is 30.7. The molecule has 0 atom stereocenters. The molecule has 0 unspecified atom stereocenters. The van der Waals surface area contributed by atoms with Crippen LogP contribution >= 0.6 is 0 Å². The van der Waals surface area contributed by atoms with E-state index in [1.165, 1.54) is 18.5 Å². The number of fused-ring (bicyclic) bond motifs is 3. The highest BCUT2D eigenvalue weighted by atomic mass is 16.6. The monoisotopic (exact) mass is 1270 g/mol. The van der Waals surface area contributed by atoms with Crippen LogP contribution in [0.2, 0.25) is 0 Å². The standard InChI is InChI=1S/C32H27N3O3.C28H19N3O3.C20H20N2O2/c1-32(2,3)38-31(37)27-14-13-22(28-20-34-17-23-11-7-8-12-26(23)28)16-29(27)35-30(36)25-15-24(18-33-19-25)21-9-5-4-6-10-21;32-27(22-12-21(15-29-16-22)18-6-2-1-3-7-18)31-26-13-19(10-11-24(26)28(33)34)25-17-30-14-20-8-4-5-9-23(20)25;1-20(2,3)24-19(23)16-9-8-13(10-18(16)21)17-12-22-11-14-6-4-5-7-15(14)17/h4-20H,1-3H3,(H,35,36);1-17H,(H,31,32)(H,33,34);4-12H,21H2,1-3H3. The predicted octanol–water partition coefficient (Wildman–Crippen LogP) is 17.5. The van der Waals surface area contributed by atoms with Gasteiger partial charge in [-0.1, -0.05) is 152 Å². The molecule has 5 aromatic heterocycles. The molecule has 2 amide bonds. The van der Waals surface area contributed by atoms with Gasteiger partial charge in [0.15, 0.2) is 0 Å². The Bertz CT molecular complexity index is 5050. The lowest BCUT2D eigenvalue weighted by atomic mass is 9.98. The van der Waals surface area contributed by atoms with Gasteiger partial charge in [0.2, 0.25) is 0 Å². The van der Waals surface area contributed by atoms with Crippen molar-refractivity contribution in [2.75, 3.05) is 16.4 Å². The van der Waals surface area contributed by atoms with Gasteiger partial charge in [-0.3, -0.25) is 34.5 Å². The van der Waals surface area contributed by atoms with Crippen molar-refractivity contribution in [2.24, 2.45) is 0 Å². The lowest BCUT2D eigenvalue weighted by Gasteiger charge is -2.21. The number of pyridine rings is 5. The van der Waals surface area contributed by atoms with E-state index in [0.29, 0.717) is 28.1 Å². The molecule has 5 N–H and O–H groups in total. The second-order valence-corrected chi connectivity index (χ2v) is 24.4. The average Bonchev–Trinajstić information content (AvgIpc) is 0.830. The molecule has 474 valence electrons. The number of nitrogens with two attached hydrogens (primary N) is 1. The summed E-state index contributed by atoms with van der Waals surface area (Å²) in [5, 5.41) is 21.5. The fourth-order valence-electron chi connectivity index (χ4n) is 10.7. The van der Waals surface area contributed by atoms with Crippen LogP contribution in [0.25, 0.3) is 88.0 Å². The largest absolute Gasteiger partial charge is 0.478 e. The van der Waals surface area contributed by atoms with E-state index in [9.17, 15) is 29.1 Å². The van der Waals surface area contributed by atoms with E-state index in [0.717, 1.165) is 88.0 Å². The SMILES string of the molecule is CC(C)(C)OC(=O)c1ccc(-c2cncc3ccccc23)cc1N.CC(C)(C)OC(=O)c1ccc(-c2cncc3ccccc23)cc1NC(=O)c1cncc(-c2ccccc2)c1.O=C(Nc1cc(-c2cncc3ccccc23)ccc1C(=O)O)c1cncc(-c2ccccc2)c1. The van der Waals surface area contributed by atoms with Gasteiger partial charge in [0.05, 0.1) is 39.2 Å². The van der Waals surface area contributed by atoms with Crippen molar-refractivity contribution in [2.45, 2.75) is 52.7 Å². The number of hydrogen-bond acceptors (Lipinski definition) is 13. The summed E-state index contributed by atoms with van der Waals surface area (Å²) in [6.45, 7) is 10.9. The summed E-state index contributed by atoms with van der Waals surface area (Å²) in [7, 11) is 0. The number of esters is 2. The van der Waals surface area contributed by atoms with Crippen LogP contribution in [0, 0.1) is 0 Å². The molecule has 13 aromatic rings. The Kier molecular flexibility index (Phi) is 19.3. The Morgan fingerprint density at radius 3 is 1.09 bits per heavy atom. The summed E-state index contributed by atoms with van der Waals surface area (Å²) < 4.78 is 11.0. The number of aromatic carboxylic acids is 1. The number of carbonyl (C=O) groups is 5. The second kappa shape index (κ2) is 28.5. The normalized spacial score (nSPS) is 11.1. The van der Waals surface area contributed by atoms with E-state index in [-0.39, 0.29) is 22.7 Å². The third kappa shape index (κ3) is 15.7. The van der Waals surface area contributed by atoms with Crippen molar-refractivity contribution in [1.82, 2.24) is 24.9 Å². The zero-order valence-corrected chi connectivity index (χ0v) is 53.4. The van der Waals surface area contributed by atoms with Gasteiger partial charge >= 0.3 is 17.9 Å². The predicted molar refractivity (Wildman–Crippen MR) is 378 cm³/mol. The van der Waals surface area contributed by atoms with E-state index in [1.54, 1.807) is 100 Å². The summed E-state index contributed by atoms with van der Waals surface area (Å²) in [5.74, 6) is -2.89. The minimum absolute atomic E-state index is 0.00234. The smallest absolute Gasteiger partial charge is 0.340 e. The molecule has 0 spiro atoms. The van der Waals surface area contributed by atoms with Crippen molar-refractivity contribution in [1.29, 1.82) is 0 Å². The molecular formula is C80H66N8O8. The first-order chi connectivity index (χ1) is 46.2. The number of benzene rings is 8. The van der Waals surface area contributed by atoms with Crippen LogP contribution in [0.1, 0.15) is 93.3 Å². The van der Waals surface area contributed by atoms with Gasteiger partial charge in [-0.25, -0.2) is 14.4 Å². The first kappa shape index (κ1) is 65.0. The number of aromatic nitrogens is 5. The number of carbonyl (C=O) groups excluding carboxylic acids is 4. The third-order valence-corrected chi connectivity index (χ3v) is 15.2. The fraction of sp³-hybridized carbons (Fsp3) is 0.100. The molecule has 0 aliphatic rings. The maximum absolute atomic E-state index is 13.4. The topological polar surface area (TPSA) is 239 Å². The number of carboxylic acids is 1. The highest BCUT2D eigenvalue weighted by Crippen LogP contribution is 2.35. The maximum Gasteiger partial charge on any atom is 0.340 e. The first-order valence-corrected chi connectivity index (χ1v) is 30.7. The van der Waals surface area contributed by atoms with Gasteiger partial charge in [-0.15, -0.1) is 0 Å². The minimum Gasteiger partial charge on any atom is -0.478 e. The number of ether oxygens (including phenoxy) is 2. The summed E-state index contributed by atoms with van der Waals surface area (Å²) in [5.41, 5.74) is 15.8. The van der Waals surface area contributed by atoms with Gasteiger partial charge in [-0.2, -0.15) is 0 Å². The average molecular weight is 1270 g/mol. The number of carboxylic acid groups (broad SMARTS) is 1. The van der Waals surface area contributed by atoms with Crippen LogP contribution in [0.15, 0.2) is 262 Å². The fourth-order valence-corrected chi connectivity index (χ4v) is 10.7. The Morgan fingerprint density at radius 1 is 0.354 bits per heavy atom. The molecule has 0 saturated carbocycles. The molecule has 0 saturated heterocycles. The van der Waals surface area contributed by atoms with E-state index >= 15 is 0 Å². The summed E-state index contributed by atoms with van der Waals surface area (Å²) in [6.07, 6.45) is 17.1. The Balaban J connectivity index is 0.000000150. The van der Waals surface area contributed by atoms with E-state index in [1.807, 2.05) is 185 Å². The van der Waals surface area contributed by atoms with Crippen molar-refractivity contribution < 1.29 is 38.6 Å². The molecule has 96 heavy (non-hydrogen) atoms. The van der Waals surface area contributed by atoms with Gasteiger partial charge in [0.25, 0.3) is 11.8 Å². The quantitative estimate of drug-likeness (QED) is 0.0657. The Labute approximate surface area is 554 Å². The van der Waals surface area contributed by atoms with Gasteiger partial charge < -0.3 is 30.9 Å². The number of amides is 2. The molecule has 0 aliphatic carbocycles. The zero-order valence-electron chi connectivity index (χ0n) is 53.4. The maximum atomic E-state index is 13.4. The number of rotatable bonds is 12. The minimum atomic E-state index is -1.13. The second-order valence-electron chi connectivity index (χ2n) is 24.4. The lowest BCUT2D eigenvalue weighted by molar-refractivity contribution is 0.00581. The number of nitrogen functional groups attached to an aromatic ring is 1. The van der Waals surface area contributed by atoms with Gasteiger partial charge in [0, 0.05) is 112 Å². The third-order valence-electron chi connectivity index (χ3n) is 15.2. The summed E-state index contributed by atoms with van der Waals surface area (Å²) >= 11 is 0. The van der Waals surface area contributed by atoms with Gasteiger partial charge in [0.1, 0.15) is 11.2 Å². The van der Waals surface area contributed by atoms with E-state index in [2.05, 4.69) is 35.6 Å². The van der Waals surface area contributed by atoms with Crippen LogP contribution in [0.4, 0.5) is 17.1 Å². The molecule has 16 heteroatoms. The molecule has 0 bridgehead atoms. The van der Waals surface area contributed by atoms with Crippen molar-refractivity contribution in [3.05, 3.63) is 290 Å². The molecule has 0 radical (unpaired) electrons. The number of anilines is 3. The van der Waals surface area contributed by atoms with E-state index < -0.39 is 35.0 Å². The van der Waals surface area contributed by atoms with Crippen LogP contribution in [-0.2, 0) is 9.47 Å².